The van der Waals surface area contributed by atoms with Crippen molar-refractivity contribution in [1.82, 2.24) is 0 Å². The van der Waals surface area contributed by atoms with Crippen molar-refractivity contribution in [3.8, 4) is 0 Å². The molecule has 0 aliphatic carbocycles. The summed E-state index contributed by atoms with van der Waals surface area (Å²) in [5.74, 6) is -0.0796. The third kappa shape index (κ3) is 5.01. The molecule has 0 saturated carbocycles. The van der Waals surface area contributed by atoms with E-state index < -0.39 is 12.1 Å². The van der Waals surface area contributed by atoms with Crippen LogP contribution < -0.4 is 0 Å². The zero-order valence-corrected chi connectivity index (χ0v) is 10.6. The smallest absolute Gasteiger partial charge is 0.333 e. The molecule has 0 saturated heterocycles. The molecule has 1 rings (SSSR count). The zero-order valence-electron chi connectivity index (χ0n) is 10.6. The Bertz CT molecular complexity index is 398. The average molecular weight is 250 g/mol. The van der Waals surface area contributed by atoms with Crippen molar-refractivity contribution in [2.24, 2.45) is 0 Å². The molecule has 0 heterocycles. The van der Waals surface area contributed by atoms with E-state index in [0.29, 0.717) is 12.2 Å². The highest BCUT2D eigenvalue weighted by Crippen LogP contribution is 2.11. The van der Waals surface area contributed by atoms with Crippen molar-refractivity contribution in [3.63, 3.8) is 0 Å². The van der Waals surface area contributed by atoms with Crippen LogP contribution in [0.25, 0.3) is 0 Å². The Morgan fingerprint density at radius 2 is 1.94 bits per heavy atom. The lowest BCUT2D eigenvalue weighted by Crippen LogP contribution is -2.13. The zero-order chi connectivity index (χ0) is 13.4. The summed E-state index contributed by atoms with van der Waals surface area (Å²) in [4.78, 5) is 11.1. The van der Waals surface area contributed by atoms with Gasteiger partial charge in [-0.2, -0.15) is 0 Å². The number of methoxy groups -OCH3 is 2. The number of benzene rings is 1. The molecule has 0 amide bonds. The first kappa shape index (κ1) is 14.3. The summed E-state index contributed by atoms with van der Waals surface area (Å²) in [7, 11) is 2.76. The second-order valence-corrected chi connectivity index (χ2v) is 3.89. The van der Waals surface area contributed by atoms with Gasteiger partial charge in [0.25, 0.3) is 0 Å². The van der Waals surface area contributed by atoms with Gasteiger partial charge in [-0.05, 0) is 12.0 Å². The molecule has 1 aromatic carbocycles. The summed E-state index contributed by atoms with van der Waals surface area (Å²) < 4.78 is 9.54. The van der Waals surface area contributed by atoms with Gasteiger partial charge in [-0.15, -0.1) is 0 Å². The number of carbonyl (C=O) groups excluding carboxylic acids is 1. The van der Waals surface area contributed by atoms with Gasteiger partial charge in [0.2, 0.25) is 0 Å². The molecule has 1 unspecified atom stereocenters. The highest BCUT2D eigenvalue weighted by atomic mass is 16.5. The fourth-order valence-corrected chi connectivity index (χ4v) is 1.58. The number of esters is 1. The minimum absolute atomic E-state index is 0.278. The van der Waals surface area contributed by atoms with Crippen LogP contribution in [0, 0.1) is 0 Å². The van der Waals surface area contributed by atoms with E-state index in [1.54, 1.807) is 0 Å². The van der Waals surface area contributed by atoms with Gasteiger partial charge >= 0.3 is 5.97 Å². The van der Waals surface area contributed by atoms with Gasteiger partial charge in [-0.1, -0.05) is 30.3 Å². The van der Waals surface area contributed by atoms with Crippen molar-refractivity contribution in [1.29, 1.82) is 0 Å². The molecule has 0 fully saturated rings. The Morgan fingerprint density at radius 3 is 2.50 bits per heavy atom. The molecule has 98 valence electrons. The lowest BCUT2D eigenvalue weighted by atomic mass is 10.0. The van der Waals surface area contributed by atoms with Gasteiger partial charge < -0.3 is 14.6 Å². The van der Waals surface area contributed by atoms with E-state index in [9.17, 15) is 9.90 Å². The Hall–Kier alpha value is -1.81. The molecule has 1 N–H and O–H groups in total. The highest BCUT2D eigenvalue weighted by molar-refractivity contribution is 5.82. The van der Waals surface area contributed by atoms with Crippen molar-refractivity contribution in [2.75, 3.05) is 14.2 Å². The summed E-state index contributed by atoms with van der Waals surface area (Å²) in [6.45, 7) is 0. The maximum absolute atomic E-state index is 11.1. The molecule has 0 aliphatic heterocycles. The van der Waals surface area contributed by atoms with Gasteiger partial charge in [0.05, 0.1) is 26.4 Å². The molecule has 0 radical (unpaired) electrons. The normalized spacial score (nSPS) is 12.9. The summed E-state index contributed by atoms with van der Waals surface area (Å²) in [5, 5.41) is 9.92. The second-order valence-electron chi connectivity index (χ2n) is 3.89. The molecule has 4 heteroatoms. The predicted octanol–water partition coefficient (Wildman–Crippen LogP) is 1.68. The van der Waals surface area contributed by atoms with Gasteiger partial charge in [0.1, 0.15) is 5.76 Å². The Morgan fingerprint density at radius 1 is 1.28 bits per heavy atom. The van der Waals surface area contributed by atoms with Crippen LogP contribution in [0.1, 0.15) is 12.0 Å². The molecule has 4 nitrogen and oxygen atoms in total. The minimum Gasteiger partial charge on any atom is -0.501 e. The first-order valence-corrected chi connectivity index (χ1v) is 5.70. The van der Waals surface area contributed by atoms with E-state index in [2.05, 4.69) is 4.74 Å². The highest BCUT2D eigenvalue weighted by Gasteiger charge is 2.10. The van der Waals surface area contributed by atoms with Crippen molar-refractivity contribution in [3.05, 3.63) is 47.7 Å². The van der Waals surface area contributed by atoms with E-state index in [1.807, 2.05) is 30.3 Å². The predicted molar refractivity (Wildman–Crippen MR) is 67.9 cm³/mol. The molecular weight excluding hydrogens is 232 g/mol. The lowest BCUT2D eigenvalue weighted by Gasteiger charge is -2.12. The number of rotatable bonds is 6. The fraction of sp³-hybridized carbons (Fsp3) is 0.357. The molecule has 1 aromatic rings. The summed E-state index contributed by atoms with van der Waals surface area (Å²) in [6, 6.07) is 9.65. The lowest BCUT2D eigenvalue weighted by molar-refractivity contribution is -0.135. The average Bonchev–Trinajstić information content (AvgIpc) is 2.38. The summed E-state index contributed by atoms with van der Waals surface area (Å²) in [6.07, 6.45) is 1.44. The van der Waals surface area contributed by atoms with Gasteiger partial charge in [-0.3, -0.25) is 0 Å². The maximum atomic E-state index is 11.1. The second kappa shape index (κ2) is 7.50. The Kier molecular flexibility index (Phi) is 5.94. The summed E-state index contributed by atoms with van der Waals surface area (Å²) >= 11 is 0. The molecule has 0 aliphatic rings. The largest absolute Gasteiger partial charge is 0.501 e. The standard InChI is InChI=1S/C14H18O4/c1-17-13(10-14(16)18-2)9-12(15)8-11-6-4-3-5-7-11/h3-7,10,12,15H,8-9H2,1-2H3/b13-10+. The van der Waals surface area contributed by atoms with Gasteiger partial charge in [0.15, 0.2) is 0 Å². The van der Waals surface area contributed by atoms with Crippen LogP contribution in [0.5, 0.6) is 0 Å². The van der Waals surface area contributed by atoms with Crippen LogP contribution in [-0.2, 0) is 20.7 Å². The third-order valence-electron chi connectivity index (χ3n) is 2.49. The first-order chi connectivity index (χ1) is 8.65. The van der Waals surface area contributed by atoms with Crippen molar-refractivity contribution >= 4 is 5.97 Å². The molecular formula is C14H18O4. The van der Waals surface area contributed by atoms with Crippen LogP contribution >= 0.6 is 0 Å². The van der Waals surface area contributed by atoms with Crippen LogP contribution in [0.15, 0.2) is 42.2 Å². The maximum Gasteiger partial charge on any atom is 0.333 e. The topological polar surface area (TPSA) is 55.8 Å². The van der Waals surface area contributed by atoms with Crippen molar-refractivity contribution < 1.29 is 19.4 Å². The SMILES string of the molecule is COC(=O)/C=C(\CC(O)Cc1ccccc1)OC. The van der Waals surface area contributed by atoms with E-state index in [-0.39, 0.29) is 6.42 Å². The van der Waals surface area contributed by atoms with Gasteiger partial charge in [-0.25, -0.2) is 4.79 Å². The number of ether oxygens (including phenoxy) is 2. The van der Waals surface area contributed by atoms with E-state index >= 15 is 0 Å². The molecule has 18 heavy (non-hydrogen) atoms. The molecule has 0 aromatic heterocycles. The number of hydrogen-bond acceptors (Lipinski definition) is 4. The number of carbonyl (C=O) groups is 1. The van der Waals surface area contributed by atoms with E-state index in [1.165, 1.54) is 20.3 Å². The molecule has 1 atom stereocenters. The van der Waals surface area contributed by atoms with Crippen LogP contribution in [0.3, 0.4) is 0 Å². The van der Waals surface area contributed by atoms with Gasteiger partial charge in [0, 0.05) is 6.42 Å². The fourth-order valence-electron chi connectivity index (χ4n) is 1.58. The van der Waals surface area contributed by atoms with Crippen LogP contribution in [-0.4, -0.2) is 31.4 Å². The number of aliphatic hydroxyl groups excluding tert-OH is 1. The van der Waals surface area contributed by atoms with Crippen LogP contribution in [0.2, 0.25) is 0 Å². The van der Waals surface area contributed by atoms with Crippen LogP contribution in [0.4, 0.5) is 0 Å². The molecule has 0 spiro atoms. The monoisotopic (exact) mass is 250 g/mol. The Balaban J connectivity index is 2.55. The quantitative estimate of drug-likeness (QED) is 0.474. The van der Waals surface area contributed by atoms with Crippen molar-refractivity contribution in [2.45, 2.75) is 18.9 Å². The first-order valence-electron chi connectivity index (χ1n) is 5.70. The third-order valence-corrected chi connectivity index (χ3v) is 2.49. The molecule has 0 bridgehead atoms. The van der Waals surface area contributed by atoms with E-state index in [4.69, 9.17) is 4.74 Å². The number of hydrogen-bond donors (Lipinski definition) is 1. The van der Waals surface area contributed by atoms with E-state index in [0.717, 1.165) is 5.56 Å². The summed E-state index contributed by atoms with van der Waals surface area (Å²) in [5.41, 5.74) is 1.04. The Labute approximate surface area is 107 Å². The number of aliphatic hydroxyl groups is 1. The minimum atomic E-state index is -0.594.